The molecule has 0 atom stereocenters. The van der Waals surface area contributed by atoms with Gasteiger partial charge in [0.05, 0.1) is 30.2 Å². The SMILES string of the molecule is CCCCCCC[P+](CCCCCCC)(c1ccccc1)c1ccccc1.[Br-]. The molecule has 2 rings (SSSR count). The van der Waals surface area contributed by atoms with Crippen molar-refractivity contribution in [3.8, 4) is 0 Å². The zero-order chi connectivity index (χ0) is 19.2. The van der Waals surface area contributed by atoms with Gasteiger partial charge in [0, 0.05) is 0 Å². The Bertz CT molecular complexity index is 541. The van der Waals surface area contributed by atoms with Crippen molar-refractivity contribution in [1.82, 2.24) is 0 Å². The molecule has 28 heavy (non-hydrogen) atoms. The second kappa shape index (κ2) is 15.2. The van der Waals surface area contributed by atoms with Crippen LogP contribution in [0.15, 0.2) is 60.7 Å². The molecule has 0 amide bonds. The molecule has 0 nitrogen and oxygen atoms in total. The lowest BCUT2D eigenvalue weighted by molar-refractivity contribution is -0.00000569. The molecule has 0 aliphatic heterocycles. The highest BCUT2D eigenvalue weighted by molar-refractivity contribution is 7.89. The van der Waals surface area contributed by atoms with Gasteiger partial charge < -0.3 is 17.0 Å². The summed E-state index contributed by atoms with van der Waals surface area (Å²) in [5, 5.41) is 3.25. The molecule has 0 unspecified atom stereocenters. The van der Waals surface area contributed by atoms with Crippen LogP contribution in [0.1, 0.15) is 78.1 Å². The smallest absolute Gasteiger partial charge is 0.0991 e. The monoisotopic (exact) mass is 462 g/mol. The highest BCUT2D eigenvalue weighted by atomic mass is 79.9. The fraction of sp³-hybridized carbons (Fsp3) is 0.538. The maximum atomic E-state index is 2.42. The summed E-state index contributed by atoms with van der Waals surface area (Å²) >= 11 is 0. The van der Waals surface area contributed by atoms with Crippen molar-refractivity contribution in [3.63, 3.8) is 0 Å². The van der Waals surface area contributed by atoms with Crippen molar-refractivity contribution in [2.75, 3.05) is 12.3 Å². The van der Waals surface area contributed by atoms with E-state index in [1.165, 1.54) is 76.5 Å². The van der Waals surface area contributed by atoms with E-state index in [0.717, 1.165) is 0 Å². The third-order valence-electron chi connectivity index (χ3n) is 5.79. The molecule has 2 aromatic carbocycles. The van der Waals surface area contributed by atoms with Crippen LogP contribution in [0.5, 0.6) is 0 Å². The normalized spacial score (nSPS) is 11.2. The molecule has 0 aliphatic carbocycles. The number of benzene rings is 2. The minimum absolute atomic E-state index is 0. The molecule has 0 saturated carbocycles. The molecular weight excluding hydrogens is 423 g/mol. The molecule has 0 aromatic heterocycles. The number of hydrogen-bond donors (Lipinski definition) is 0. The summed E-state index contributed by atoms with van der Waals surface area (Å²) in [6.45, 7) is 4.61. The van der Waals surface area contributed by atoms with Gasteiger partial charge in [-0.3, -0.25) is 0 Å². The Labute approximate surface area is 185 Å². The van der Waals surface area contributed by atoms with E-state index in [2.05, 4.69) is 74.5 Å². The Morgan fingerprint density at radius 3 is 1.21 bits per heavy atom. The van der Waals surface area contributed by atoms with Crippen molar-refractivity contribution >= 4 is 17.9 Å². The fourth-order valence-electron chi connectivity index (χ4n) is 4.17. The summed E-state index contributed by atoms with van der Waals surface area (Å²) in [6.07, 6.45) is 16.6. The summed E-state index contributed by atoms with van der Waals surface area (Å²) in [5.41, 5.74) is 0. The van der Waals surface area contributed by atoms with E-state index in [-0.39, 0.29) is 17.0 Å². The first-order chi connectivity index (χ1) is 13.3. The molecule has 2 heteroatoms. The lowest BCUT2D eigenvalue weighted by Crippen LogP contribution is -3.00. The Kier molecular flexibility index (Phi) is 13.8. The number of unbranched alkanes of at least 4 members (excludes halogenated alkanes) is 8. The minimum Gasteiger partial charge on any atom is -1.00 e. The van der Waals surface area contributed by atoms with Crippen LogP contribution in [0.25, 0.3) is 0 Å². The quantitative estimate of drug-likeness (QED) is 0.284. The van der Waals surface area contributed by atoms with Crippen molar-refractivity contribution in [1.29, 1.82) is 0 Å². The topological polar surface area (TPSA) is 0 Å². The molecule has 0 bridgehead atoms. The lowest BCUT2D eigenvalue weighted by atomic mass is 10.2. The molecule has 156 valence electrons. The van der Waals surface area contributed by atoms with E-state index >= 15 is 0 Å². The Hall–Kier alpha value is -0.650. The molecule has 0 spiro atoms. The number of hydrogen-bond acceptors (Lipinski definition) is 0. The van der Waals surface area contributed by atoms with E-state index in [0.29, 0.717) is 0 Å². The predicted molar refractivity (Wildman–Crippen MR) is 126 cm³/mol. The van der Waals surface area contributed by atoms with Gasteiger partial charge in [0.15, 0.2) is 0 Å². The molecule has 0 fully saturated rings. The molecule has 0 heterocycles. The standard InChI is InChI=1S/C26H40P.BrH/c1-3-5-7-9-17-23-27(24-18-10-8-6-4-2,25-19-13-11-14-20-25)26-21-15-12-16-22-26;/h11-16,19-22H,3-10,17-18,23-24H2,1-2H3;1H/q+1;/p-1. The van der Waals surface area contributed by atoms with Crippen molar-refractivity contribution < 1.29 is 17.0 Å². The largest absolute Gasteiger partial charge is 1.00 e. The van der Waals surface area contributed by atoms with Crippen LogP contribution in [0.4, 0.5) is 0 Å². The molecule has 0 saturated heterocycles. The lowest BCUT2D eigenvalue weighted by Gasteiger charge is -2.28. The average molecular weight is 463 g/mol. The van der Waals surface area contributed by atoms with Crippen LogP contribution in [0.3, 0.4) is 0 Å². The third-order valence-corrected chi connectivity index (χ3v) is 10.5. The van der Waals surface area contributed by atoms with Gasteiger partial charge >= 0.3 is 0 Å². The van der Waals surface area contributed by atoms with E-state index in [1.54, 1.807) is 10.6 Å². The van der Waals surface area contributed by atoms with Gasteiger partial charge in [-0.1, -0.05) is 88.8 Å². The second-order valence-corrected chi connectivity index (χ2v) is 11.8. The average Bonchev–Trinajstić information content (AvgIpc) is 2.73. The highest BCUT2D eigenvalue weighted by Gasteiger charge is 2.41. The second-order valence-electron chi connectivity index (χ2n) is 7.91. The van der Waals surface area contributed by atoms with Crippen LogP contribution in [0, 0.1) is 0 Å². The zero-order valence-corrected chi connectivity index (χ0v) is 20.6. The number of rotatable bonds is 14. The first kappa shape index (κ1) is 25.4. The van der Waals surface area contributed by atoms with Crippen LogP contribution in [-0.4, -0.2) is 12.3 Å². The van der Waals surface area contributed by atoms with Gasteiger partial charge in [0.1, 0.15) is 0 Å². The minimum atomic E-state index is -1.30. The van der Waals surface area contributed by atoms with Crippen LogP contribution in [-0.2, 0) is 0 Å². The summed E-state index contributed by atoms with van der Waals surface area (Å²) in [4.78, 5) is 0. The molecule has 0 aliphatic rings. The summed E-state index contributed by atoms with van der Waals surface area (Å²) in [7, 11) is -1.30. The van der Waals surface area contributed by atoms with Gasteiger partial charge in [-0.2, -0.15) is 0 Å². The fourth-order valence-corrected chi connectivity index (χ4v) is 8.74. The van der Waals surface area contributed by atoms with Gasteiger partial charge in [-0.15, -0.1) is 0 Å². The molecule has 0 N–H and O–H groups in total. The van der Waals surface area contributed by atoms with E-state index < -0.39 is 7.26 Å². The van der Waals surface area contributed by atoms with Crippen molar-refractivity contribution in [2.24, 2.45) is 0 Å². The van der Waals surface area contributed by atoms with Gasteiger partial charge in [-0.05, 0) is 49.9 Å². The maximum Gasteiger partial charge on any atom is 0.0991 e. The zero-order valence-electron chi connectivity index (χ0n) is 18.1. The van der Waals surface area contributed by atoms with Crippen LogP contribution in [0.2, 0.25) is 0 Å². The van der Waals surface area contributed by atoms with Crippen LogP contribution >= 0.6 is 7.26 Å². The van der Waals surface area contributed by atoms with E-state index in [9.17, 15) is 0 Å². The molecule has 0 radical (unpaired) electrons. The summed E-state index contributed by atoms with van der Waals surface area (Å²) in [6, 6.07) is 23.0. The molecular formula is C26H40BrP. The number of halogens is 1. The van der Waals surface area contributed by atoms with E-state index in [4.69, 9.17) is 0 Å². The van der Waals surface area contributed by atoms with Gasteiger partial charge in [0.2, 0.25) is 0 Å². The Morgan fingerprint density at radius 1 is 0.500 bits per heavy atom. The predicted octanol–water partition coefficient (Wildman–Crippen LogP) is 4.60. The van der Waals surface area contributed by atoms with E-state index in [1.807, 2.05) is 0 Å². The molecule has 2 aromatic rings. The maximum absolute atomic E-state index is 2.42. The Morgan fingerprint density at radius 2 is 0.857 bits per heavy atom. The first-order valence-electron chi connectivity index (χ1n) is 11.3. The summed E-state index contributed by atoms with van der Waals surface area (Å²) in [5.74, 6) is 0. The van der Waals surface area contributed by atoms with Crippen molar-refractivity contribution in [3.05, 3.63) is 60.7 Å². The third kappa shape index (κ3) is 8.00. The van der Waals surface area contributed by atoms with Gasteiger partial charge in [0.25, 0.3) is 0 Å². The highest BCUT2D eigenvalue weighted by Crippen LogP contribution is 2.57. The first-order valence-corrected chi connectivity index (χ1v) is 13.5. The Balaban J connectivity index is 0.00000392. The summed E-state index contributed by atoms with van der Waals surface area (Å²) < 4.78 is 0. The van der Waals surface area contributed by atoms with Gasteiger partial charge in [-0.25, -0.2) is 0 Å². The van der Waals surface area contributed by atoms with Crippen molar-refractivity contribution in [2.45, 2.75) is 78.1 Å². The van der Waals surface area contributed by atoms with Crippen LogP contribution < -0.4 is 27.6 Å².